The average Bonchev–Trinajstić information content (AvgIpc) is 2.31. The van der Waals surface area contributed by atoms with Crippen molar-refractivity contribution in [2.75, 3.05) is 0 Å². The van der Waals surface area contributed by atoms with Gasteiger partial charge in [-0.3, -0.25) is 0 Å². The highest BCUT2D eigenvalue weighted by Gasteiger charge is 2.09. The van der Waals surface area contributed by atoms with Gasteiger partial charge in [0.15, 0.2) is 5.75 Å². The third-order valence-electron chi connectivity index (χ3n) is 2.31. The first-order chi connectivity index (χ1) is 8.58. The van der Waals surface area contributed by atoms with Crippen molar-refractivity contribution < 1.29 is 9.13 Å². The van der Waals surface area contributed by atoms with Crippen LogP contribution in [0.25, 0.3) is 0 Å². The van der Waals surface area contributed by atoms with Gasteiger partial charge in [-0.2, -0.15) is 0 Å². The molecular formula is C13H8BrCl2FO. The van der Waals surface area contributed by atoms with Gasteiger partial charge in [-0.1, -0.05) is 51.3 Å². The number of benzene rings is 2. The van der Waals surface area contributed by atoms with Crippen molar-refractivity contribution in [1.82, 2.24) is 0 Å². The van der Waals surface area contributed by atoms with E-state index in [0.29, 0.717) is 25.8 Å². The summed E-state index contributed by atoms with van der Waals surface area (Å²) in [7, 11) is 0. The Morgan fingerprint density at radius 1 is 1.11 bits per heavy atom. The lowest BCUT2D eigenvalue weighted by Crippen LogP contribution is -1.99. The van der Waals surface area contributed by atoms with Crippen LogP contribution in [-0.2, 0) is 6.61 Å². The lowest BCUT2D eigenvalue weighted by atomic mass is 10.2. The van der Waals surface area contributed by atoms with Crippen molar-refractivity contribution in [3.05, 3.63) is 62.3 Å². The lowest BCUT2D eigenvalue weighted by Gasteiger charge is -2.10. The summed E-state index contributed by atoms with van der Waals surface area (Å²) in [5.74, 6) is 0.0238. The van der Waals surface area contributed by atoms with Gasteiger partial charge in [0.2, 0.25) is 0 Å². The molecule has 2 aromatic rings. The first kappa shape index (κ1) is 13.7. The molecule has 0 saturated carbocycles. The third kappa shape index (κ3) is 3.16. The van der Waals surface area contributed by atoms with E-state index in [1.165, 1.54) is 6.07 Å². The minimum Gasteiger partial charge on any atom is -0.486 e. The predicted molar refractivity (Wildman–Crippen MR) is 74.9 cm³/mol. The fourth-order valence-electron chi connectivity index (χ4n) is 1.41. The molecule has 0 bridgehead atoms. The highest BCUT2D eigenvalue weighted by atomic mass is 79.9. The van der Waals surface area contributed by atoms with Crippen LogP contribution in [0.3, 0.4) is 0 Å². The quantitative estimate of drug-likeness (QED) is 0.713. The molecular weight excluding hydrogens is 342 g/mol. The molecule has 0 N–H and O–H groups in total. The van der Waals surface area contributed by atoms with Crippen LogP contribution in [0, 0.1) is 5.82 Å². The van der Waals surface area contributed by atoms with E-state index in [1.54, 1.807) is 30.3 Å². The molecule has 0 aromatic heterocycles. The molecule has 94 valence electrons. The van der Waals surface area contributed by atoms with Crippen LogP contribution >= 0.6 is 39.1 Å². The van der Waals surface area contributed by atoms with Crippen molar-refractivity contribution in [3.8, 4) is 5.75 Å². The van der Waals surface area contributed by atoms with Gasteiger partial charge in [0.25, 0.3) is 0 Å². The molecule has 0 heterocycles. The third-order valence-corrected chi connectivity index (χ3v) is 3.39. The molecule has 0 atom stereocenters. The second kappa shape index (κ2) is 5.91. The Hall–Kier alpha value is -0.770. The summed E-state index contributed by atoms with van der Waals surface area (Å²) in [5.41, 5.74) is 0.439. The second-order valence-electron chi connectivity index (χ2n) is 3.58. The van der Waals surface area contributed by atoms with E-state index in [1.807, 2.05) is 0 Å². The Morgan fingerprint density at radius 3 is 2.39 bits per heavy atom. The Morgan fingerprint density at radius 2 is 1.78 bits per heavy atom. The number of para-hydroxylation sites is 1. The summed E-state index contributed by atoms with van der Waals surface area (Å²) < 4.78 is 19.7. The molecule has 0 spiro atoms. The van der Waals surface area contributed by atoms with E-state index >= 15 is 0 Å². The fraction of sp³-hybridized carbons (Fsp3) is 0.0769. The minimum absolute atomic E-state index is 0.0720. The lowest BCUT2D eigenvalue weighted by molar-refractivity contribution is 0.300. The van der Waals surface area contributed by atoms with Crippen LogP contribution in [0.5, 0.6) is 5.75 Å². The Bertz CT molecular complexity index is 555. The molecule has 0 aliphatic heterocycles. The summed E-state index contributed by atoms with van der Waals surface area (Å²) in [4.78, 5) is 0. The van der Waals surface area contributed by atoms with Gasteiger partial charge < -0.3 is 4.74 Å². The van der Waals surface area contributed by atoms with Gasteiger partial charge in [-0.15, -0.1) is 0 Å². The van der Waals surface area contributed by atoms with Crippen LogP contribution in [0.1, 0.15) is 5.56 Å². The van der Waals surface area contributed by atoms with Crippen LogP contribution in [0.4, 0.5) is 4.39 Å². The number of ether oxygens (including phenoxy) is 1. The van der Waals surface area contributed by atoms with Gasteiger partial charge in [0.05, 0.1) is 10.0 Å². The molecule has 0 aliphatic rings. The molecule has 2 aromatic carbocycles. The SMILES string of the molecule is Fc1cc(Br)ccc1COc1c(Cl)cccc1Cl. The van der Waals surface area contributed by atoms with Crippen LogP contribution in [-0.4, -0.2) is 0 Å². The van der Waals surface area contributed by atoms with Gasteiger partial charge >= 0.3 is 0 Å². The number of hydrogen-bond donors (Lipinski definition) is 0. The molecule has 0 radical (unpaired) electrons. The maximum absolute atomic E-state index is 13.6. The zero-order valence-electron chi connectivity index (χ0n) is 9.09. The monoisotopic (exact) mass is 348 g/mol. The largest absolute Gasteiger partial charge is 0.486 e. The number of hydrogen-bond acceptors (Lipinski definition) is 1. The summed E-state index contributed by atoms with van der Waals surface area (Å²) in [6, 6.07) is 9.83. The molecule has 0 fully saturated rings. The average molecular weight is 350 g/mol. The maximum atomic E-state index is 13.6. The first-order valence-electron chi connectivity index (χ1n) is 5.08. The van der Waals surface area contributed by atoms with E-state index in [0.717, 1.165) is 0 Å². The second-order valence-corrected chi connectivity index (χ2v) is 5.31. The van der Waals surface area contributed by atoms with Gasteiger partial charge in [0, 0.05) is 10.0 Å². The standard InChI is InChI=1S/C13H8BrCl2FO/c14-9-5-4-8(12(17)6-9)7-18-13-10(15)2-1-3-11(13)16/h1-6H,7H2. The van der Waals surface area contributed by atoms with Crippen LogP contribution < -0.4 is 4.74 Å². The fourth-order valence-corrected chi connectivity index (χ4v) is 2.25. The normalized spacial score (nSPS) is 10.4. The van der Waals surface area contributed by atoms with E-state index in [-0.39, 0.29) is 12.4 Å². The summed E-state index contributed by atoms with van der Waals surface area (Å²) in [6.07, 6.45) is 0. The predicted octanol–water partition coefficient (Wildman–Crippen LogP) is 5.47. The highest BCUT2D eigenvalue weighted by molar-refractivity contribution is 9.10. The van der Waals surface area contributed by atoms with Gasteiger partial charge in [-0.05, 0) is 24.3 Å². The van der Waals surface area contributed by atoms with Crippen molar-refractivity contribution in [2.24, 2.45) is 0 Å². The Balaban J connectivity index is 2.16. The minimum atomic E-state index is -0.340. The molecule has 5 heteroatoms. The van der Waals surface area contributed by atoms with Crippen LogP contribution in [0.15, 0.2) is 40.9 Å². The van der Waals surface area contributed by atoms with Crippen molar-refractivity contribution in [2.45, 2.75) is 6.61 Å². The molecule has 0 unspecified atom stereocenters. The zero-order valence-corrected chi connectivity index (χ0v) is 12.2. The summed E-state index contributed by atoms with van der Waals surface area (Å²) in [6.45, 7) is 0.0720. The van der Waals surface area contributed by atoms with Gasteiger partial charge in [-0.25, -0.2) is 4.39 Å². The highest BCUT2D eigenvalue weighted by Crippen LogP contribution is 2.33. The van der Waals surface area contributed by atoms with E-state index in [2.05, 4.69) is 15.9 Å². The molecule has 18 heavy (non-hydrogen) atoms. The first-order valence-corrected chi connectivity index (χ1v) is 6.63. The maximum Gasteiger partial charge on any atom is 0.156 e. The van der Waals surface area contributed by atoms with E-state index < -0.39 is 0 Å². The molecule has 1 nitrogen and oxygen atoms in total. The van der Waals surface area contributed by atoms with E-state index in [9.17, 15) is 4.39 Å². The Kier molecular flexibility index (Phi) is 4.49. The van der Waals surface area contributed by atoms with Crippen molar-refractivity contribution in [1.29, 1.82) is 0 Å². The zero-order chi connectivity index (χ0) is 13.1. The topological polar surface area (TPSA) is 9.23 Å². The number of rotatable bonds is 3. The van der Waals surface area contributed by atoms with Crippen LogP contribution in [0.2, 0.25) is 10.0 Å². The smallest absolute Gasteiger partial charge is 0.156 e. The molecule has 0 aliphatic carbocycles. The summed E-state index contributed by atoms with van der Waals surface area (Å²) >= 11 is 15.1. The number of halogens is 4. The summed E-state index contributed by atoms with van der Waals surface area (Å²) in [5, 5.41) is 0.806. The molecule has 2 rings (SSSR count). The van der Waals surface area contributed by atoms with Crippen molar-refractivity contribution in [3.63, 3.8) is 0 Å². The molecule has 0 amide bonds. The Labute approximate surface area is 123 Å². The van der Waals surface area contributed by atoms with Gasteiger partial charge in [0.1, 0.15) is 12.4 Å². The van der Waals surface area contributed by atoms with Crippen molar-refractivity contribution >= 4 is 39.1 Å². The van der Waals surface area contributed by atoms with E-state index in [4.69, 9.17) is 27.9 Å². The molecule has 0 saturated heterocycles.